The van der Waals surface area contributed by atoms with Crippen molar-refractivity contribution in [2.75, 3.05) is 13.1 Å². The number of hydrogen-bond donors (Lipinski definition) is 1. The predicted molar refractivity (Wildman–Crippen MR) is 55.7 cm³/mol. The van der Waals surface area contributed by atoms with Crippen LogP contribution in [0.4, 0.5) is 0 Å². The maximum Gasteiger partial charge on any atom is 0.0270 e. The average Bonchev–Trinajstić information content (AvgIpc) is 2.19. The van der Waals surface area contributed by atoms with E-state index >= 15 is 0 Å². The summed E-state index contributed by atoms with van der Waals surface area (Å²) in [5, 5.41) is 3.39. The molecule has 0 aliphatic rings. The molecule has 2 heteroatoms. The van der Waals surface area contributed by atoms with Gasteiger partial charge in [-0.15, -0.1) is 0 Å². The molecule has 1 heterocycles. The van der Waals surface area contributed by atoms with Crippen molar-refractivity contribution in [2.24, 2.45) is 0 Å². The van der Waals surface area contributed by atoms with Gasteiger partial charge in [-0.1, -0.05) is 6.92 Å². The Morgan fingerprint density at radius 2 is 2.00 bits per heavy atom. The molecule has 0 atom stereocenters. The van der Waals surface area contributed by atoms with Gasteiger partial charge in [-0.2, -0.15) is 0 Å². The first-order chi connectivity index (χ1) is 6.43. The van der Waals surface area contributed by atoms with Crippen LogP contribution in [0.2, 0.25) is 0 Å². The summed E-state index contributed by atoms with van der Waals surface area (Å²) in [7, 11) is 0. The summed E-state index contributed by atoms with van der Waals surface area (Å²) < 4.78 is 0. The molecule has 0 aliphatic carbocycles. The lowest BCUT2D eigenvalue weighted by molar-refractivity contribution is 0.640. The van der Waals surface area contributed by atoms with Crippen molar-refractivity contribution >= 4 is 0 Å². The zero-order chi connectivity index (χ0) is 9.36. The molecule has 0 spiro atoms. The normalized spacial score (nSPS) is 10.2. The second kappa shape index (κ2) is 6.61. The number of hydrogen-bond acceptors (Lipinski definition) is 2. The van der Waals surface area contributed by atoms with Crippen molar-refractivity contribution < 1.29 is 0 Å². The third kappa shape index (κ3) is 4.63. The number of aryl methyl sites for hydroxylation is 1. The summed E-state index contributed by atoms with van der Waals surface area (Å²) in [5.41, 5.74) is 1.38. The molecular weight excluding hydrogens is 160 g/mol. The Kier molecular flexibility index (Phi) is 5.18. The highest BCUT2D eigenvalue weighted by molar-refractivity contribution is 5.09. The number of nitrogens with zero attached hydrogens (tertiary/aromatic N) is 1. The molecular formula is C11H18N2. The lowest BCUT2D eigenvalue weighted by Gasteiger charge is -2.02. The minimum Gasteiger partial charge on any atom is -0.317 e. The standard InChI is InChI=1S/C11H18N2/c1-2-7-12-8-3-4-11-5-9-13-10-6-11/h5-6,9-10,12H,2-4,7-8H2,1H3. The van der Waals surface area contributed by atoms with E-state index in [2.05, 4.69) is 29.4 Å². The third-order valence-electron chi connectivity index (χ3n) is 2.00. The smallest absolute Gasteiger partial charge is 0.0270 e. The molecule has 0 saturated heterocycles. The summed E-state index contributed by atoms with van der Waals surface area (Å²) in [4.78, 5) is 3.99. The van der Waals surface area contributed by atoms with Gasteiger partial charge < -0.3 is 5.32 Å². The Morgan fingerprint density at radius 1 is 1.23 bits per heavy atom. The van der Waals surface area contributed by atoms with Crippen LogP contribution < -0.4 is 5.32 Å². The highest BCUT2D eigenvalue weighted by Gasteiger charge is 1.91. The second-order valence-corrected chi connectivity index (χ2v) is 3.21. The van der Waals surface area contributed by atoms with Gasteiger partial charge in [-0.25, -0.2) is 0 Å². The van der Waals surface area contributed by atoms with Gasteiger partial charge in [0.05, 0.1) is 0 Å². The first kappa shape index (κ1) is 10.2. The fourth-order valence-electron chi connectivity index (χ4n) is 1.27. The molecule has 0 amide bonds. The fourth-order valence-corrected chi connectivity index (χ4v) is 1.27. The number of rotatable bonds is 6. The van der Waals surface area contributed by atoms with Crippen LogP contribution in [0.1, 0.15) is 25.3 Å². The van der Waals surface area contributed by atoms with Crippen LogP contribution in [0.3, 0.4) is 0 Å². The van der Waals surface area contributed by atoms with Gasteiger partial charge in [0.15, 0.2) is 0 Å². The fraction of sp³-hybridized carbons (Fsp3) is 0.545. The molecule has 1 aromatic heterocycles. The van der Waals surface area contributed by atoms with Gasteiger partial charge in [0.25, 0.3) is 0 Å². The molecule has 13 heavy (non-hydrogen) atoms. The quantitative estimate of drug-likeness (QED) is 0.674. The second-order valence-electron chi connectivity index (χ2n) is 3.21. The van der Waals surface area contributed by atoms with Crippen molar-refractivity contribution in [3.8, 4) is 0 Å². The maximum atomic E-state index is 3.99. The van der Waals surface area contributed by atoms with Gasteiger partial charge in [0.1, 0.15) is 0 Å². The molecule has 0 aromatic carbocycles. The highest BCUT2D eigenvalue weighted by atomic mass is 14.8. The summed E-state index contributed by atoms with van der Waals surface area (Å²) in [6.45, 7) is 4.45. The van der Waals surface area contributed by atoms with E-state index < -0.39 is 0 Å². The van der Waals surface area contributed by atoms with Crippen LogP contribution >= 0.6 is 0 Å². The van der Waals surface area contributed by atoms with Crippen LogP contribution in [0.5, 0.6) is 0 Å². The molecule has 1 rings (SSSR count). The van der Waals surface area contributed by atoms with Gasteiger partial charge >= 0.3 is 0 Å². The van der Waals surface area contributed by atoms with Gasteiger partial charge in [0, 0.05) is 12.4 Å². The first-order valence-electron chi connectivity index (χ1n) is 5.03. The van der Waals surface area contributed by atoms with Crippen molar-refractivity contribution in [3.05, 3.63) is 30.1 Å². The van der Waals surface area contributed by atoms with Gasteiger partial charge in [-0.3, -0.25) is 4.98 Å². The summed E-state index contributed by atoms with van der Waals surface area (Å²) in [5.74, 6) is 0. The molecule has 0 radical (unpaired) electrons. The predicted octanol–water partition coefficient (Wildman–Crippen LogP) is 2.01. The number of aromatic nitrogens is 1. The first-order valence-corrected chi connectivity index (χ1v) is 5.03. The van der Waals surface area contributed by atoms with Crippen LogP contribution in [0, 0.1) is 0 Å². The van der Waals surface area contributed by atoms with Crippen LogP contribution in [-0.4, -0.2) is 18.1 Å². The number of pyridine rings is 1. The zero-order valence-corrected chi connectivity index (χ0v) is 8.29. The monoisotopic (exact) mass is 178 g/mol. The Balaban J connectivity index is 2.07. The molecule has 72 valence electrons. The van der Waals surface area contributed by atoms with Crippen molar-refractivity contribution in [1.82, 2.24) is 10.3 Å². The van der Waals surface area contributed by atoms with E-state index in [-0.39, 0.29) is 0 Å². The van der Waals surface area contributed by atoms with Gasteiger partial charge in [0.2, 0.25) is 0 Å². The van der Waals surface area contributed by atoms with Crippen LogP contribution in [0.25, 0.3) is 0 Å². The SMILES string of the molecule is CCCNCCCc1ccncc1. The summed E-state index contributed by atoms with van der Waals surface area (Å²) >= 11 is 0. The lowest BCUT2D eigenvalue weighted by Crippen LogP contribution is -2.16. The largest absolute Gasteiger partial charge is 0.317 e. The third-order valence-corrected chi connectivity index (χ3v) is 2.00. The maximum absolute atomic E-state index is 3.99. The molecule has 0 bridgehead atoms. The molecule has 0 fully saturated rings. The van der Waals surface area contributed by atoms with E-state index in [9.17, 15) is 0 Å². The molecule has 0 unspecified atom stereocenters. The zero-order valence-electron chi connectivity index (χ0n) is 8.29. The lowest BCUT2D eigenvalue weighted by atomic mass is 10.1. The average molecular weight is 178 g/mol. The van der Waals surface area contributed by atoms with Crippen LogP contribution in [0.15, 0.2) is 24.5 Å². The van der Waals surface area contributed by atoms with Gasteiger partial charge in [-0.05, 0) is 50.0 Å². The van der Waals surface area contributed by atoms with Crippen LogP contribution in [-0.2, 0) is 6.42 Å². The van der Waals surface area contributed by atoms with Crippen molar-refractivity contribution in [2.45, 2.75) is 26.2 Å². The Labute approximate surface area is 80.4 Å². The highest BCUT2D eigenvalue weighted by Crippen LogP contribution is 1.99. The van der Waals surface area contributed by atoms with Crippen molar-refractivity contribution in [1.29, 1.82) is 0 Å². The minimum absolute atomic E-state index is 1.12. The summed E-state index contributed by atoms with van der Waals surface area (Å²) in [6.07, 6.45) is 7.29. The van der Waals surface area contributed by atoms with E-state index in [4.69, 9.17) is 0 Å². The van der Waals surface area contributed by atoms with E-state index in [1.54, 1.807) is 0 Å². The van der Waals surface area contributed by atoms with E-state index in [1.807, 2.05) is 12.4 Å². The molecule has 2 nitrogen and oxygen atoms in total. The molecule has 1 aromatic rings. The molecule has 0 saturated carbocycles. The Bertz CT molecular complexity index is 209. The van der Waals surface area contributed by atoms with E-state index in [0.29, 0.717) is 0 Å². The summed E-state index contributed by atoms with van der Waals surface area (Å²) in [6, 6.07) is 4.17. The minimum atomic E-state index is 1.12. The Morgan fingerprint density at radius 3 is 2.69 bits per heavy atom. The van der Waals surface area contributed by atoms with E-state index in [0.717, 1.165) is 19.5 Å². The van der Waals surface area contributed by atoms with Crippen molar-refractivity contribution in [3.63, 3.8) is 0 Å². The van der Waals surface area contributed by atoms with E-state index in [1.165, 1.54) is 18.4 Å². The number of nitrogens with one attached hydrogen (secondary N) is 1. The Hall–Kier alpha value is -0.890. The molecule has 1 N–H and O–H groups in total. The topological polar surface area (TPSA) is 24.9 Å². The molecule has 0 aliphatic heterocycles.